The van der Waals surface area contributed by atoms with Gasteiger partial charge in [-0.3, -0.25) is 4.79 Å². The van der Waals surface area contributed by atoms with Gasteiger partial charge in [-0.25, -0.2) is 23.1 Å². The Bertz CT molecular complexity index is 820. The molecule has 1 aromatic carbocycles. The first-order chi connectivity index (χ1) is 10.8. The molecule has 1 heterocycles. The number of nitrogens with zero attached hydrogens (tertiary/aromatic N) is 3. The van der Waals surface area contributed by atoms with Gasteiger partial charge in [0.25, 0.3) is 6.43 Å². The zero-order chi connectivity index (χ0) is 17.1. The first kappa shape index (κ1) is 16.7. The summed E-state index contributed by atoms with van der Waals surface area (Å²) >= 11 is 5.82. The molecule has 0 bridgehead atoms. The molecule has 23 heavy (non-hydrogen) atoms. The van der Waals surface area contributed by atoms with Crippen LogP contribution in [0, 0.1) is 17.1 Å². The Balaban J connectivity index is 2.67. The van der Waals surface area contributed by atoms with Gasteiger partial charge in [0, 0.05) is 12.5 Å². The third-order valence-electron chi connectivity index (χ3n) is 2.82. The van der Waals surface area contributed by atoms with E-state index in [4.69, 9.17) is 16.9 Å². The van der Waals surface area contributed by atoms with Gasteiger partial charge in [0.1, 0.15) is 23.9 Å². The van der Waals surface area contributed by atoms with Crippen molar-refractivity contribution < 1.29 is 18.0 Å². The molecular weight excluding hydrogens is 333 g/mol. The zero-order valence-electron chi connectivity index (χ0n) is 11.6. The molecule has 0 unspecified atom stereocenters. The van der Waals surface area contributed by atoms with E-state index in [0.29, 0.717) is 0 Å². The maximum Gasteiger partial charge on any atom is 0.281 e. The minimum absolute atomic E-state index is 0.0182. The Morgan fingerprint density at radius 1 is 1.39 bits per heavy atom. The number of aromatic nitrogens is 2. The summed E-state index contributed by atoms with van der Waals surface area (Å²) < 4.78 is 39.8. The average Bonchev–Trinajstić information content (AvgIpc) is 2.48. The summed E-state index contributed by atoms with van der Waals surface area (Å²) in [6.07, 6.45) is -2.13. The van der Waals surface area contributed by atoms with E-state index in [1.54, 1.807) is 6.07 Å². The van der Waals surface area contributed by atoms with Crippen molar-refractivity contribution in [2.24, 2.45) is 0 Å². The number of amides is 1. The summed E-state index contributed by atoms with van der Waals surface area (Å²) in [5.74, 6) is -1.38. The Labute approximate surface area is 133 Å². The first-order valence-electron chi connectivity index (χ1n) is 6.15. The number of rotatable bonds is 3. The highest BCUT2D eigenvalue weighted by molar-refractivity contribution is 6.33. The molecule has 2 rings (SSSR count). The second kappa shape index (κ2) is 6.62. The third kappa shape index (κ3) is 3.40. The van der Waals surface area contributed by atoms with E-state index in [0.717, 1.165) is 18.5 Å². The highest BCUT2D eigenvalue weighted by Crippen LogP contribution is 2.35. The van der Waals surface area contributed by atoms with Crippen LogP contribution < -0.4 is 5.32 Å². The van der Waals surface area contributed by atoms with Crippen LogP contribution in [0.5, 0.6) is 0 Å². The summed E-state index contributed by atoms with van der Waals surface area (Å²) in [4.78, 5) is 18.2. The van der Waals surface area contributed by atoms with Gasteiger partial charge in [-0.15, -0.1) is 0 Å². The Morgan fingerprint density at radius 2 is 2.09 bits per heavy atom. The Hall–Kier alpha value is -2.66. The maximum absolute atomic E-state index is 14.2. The molecule has 0 aliphatic rings. The summed E-state index contributed by atoms with van der Waals surface area (Å²) in [6.45, 7) is 1.21. The molecule has 1 amide bonds. The quantitative estimate of drug-likeness (QED) is 0.924. The molecular formula is C14H8ClF3N4O. The topological polar surface area (TPSA) is 78.7 Å². The average molecular weight is 341 g/mol. The number of anilines is 1. The van der Waals surface area contributed by atoms with Crippen molar-refractivity contribution >= 4 is 23.2 Å². The molecule has 0 aliphatic heterocycles. The van der Waals surface area contributed by atoms with Crippen LogP contribution in [0.25, 0.3) is 11.3 Å². The van der Waals surface area contributed by atoms with Crippen LogP contribution in [0.15, 0.2) is 18.5 Å². The highest BCUT2D eigenvalue weighted by atomic mass is 35.5. The van der Waals surface area contributed by atoms with E-state index in [2.05, 4.69) is 15.3 Å². The van der Waals surface area contributed by atoms with Gasteiger partial charge in [-0.2, -0.15) is 5.26 Å². The molecule has 5 nitrogen and oxygen atoms in total. The normalized spacial score (nSPS) is 10.5. The highest BCUT2D eigenvalue weighted by Gasteiger charge is 2.21. The van der Waals surface area contributed by atoms with Crippen LogP contribution in [-0.2, 0) is 4.79 Å². The fourth-order valence-electron chi connectivity index (χ4n) is 1.86. The SMILES string of the molecule is CC(=O)Nc1cc(-c2ncnc(C(F)F)c2Cl)c(F)cc1C#N. The molecule has 0 radical (unpaired) electrons. The molecule has 0 saturated heterocycles. The van der Waals surface area contributed by atoms with Gasteiger partial charge < -0.3 is 5.32 Å². The van der Waals surface area contributed by atoms with Crippen LogP contribution in [0.1, 0.15) is 24.6 Å². The van der Waals surface area contributed by atoms with Crippen molar-refractivity contribution in [1.29, 1.82) is 5.26 Å². The summed E-state index contributed by atoms with van der Waals surface area (Å²) in [5.41, 5.74) is -1.33. The van der Waals surface area contributed by atoms with Crippen molar-refractivity contribution in [2.75, 3.05) is 5.32 Å². The second-order valence-electron chi connectivity index (χ2n) is 4.39. The van der Waals surface area contributed by atoms with E-state index >= 15 is 0 Å². The molecule has 0 saturated carbocycles. The number of alkyl halides is 2. The van der Waals surface area contributed by atoms with E-state index in [1.165, 1.54) is 6.92 Å². The fraction of sp³-hybridized carbons (Fsp3) is 0.143. The molecule has 118 valence electrons. The van der Waals surface area contributed by atoms with E-state index in [9.17, 15) is 18.0 Å². The smallest absolute Gasteiger partial charge is 0.281 e. The van der Waals surface area contributed by atoms with Crippen LogP contribution >= 0.6 is 11.6 Å². The van der Waals surface area contributed by atoms with Gasteiger partial charge >= 0.3 is 0 Å². The number of carbonyl (C=O) groups excluding carboxylic acids is 1. The van der Waals surface area contributed by atoms with E-state index in [-0.39, 0.29) is 22.5 Å². The molecule has 1 aromatic heterocycles. The second-order valence-corrected chi connectivity index (χ2v) is 4.77. The van der Waals surface area contributed by atoms with Gasteiger partial charge in [-0.1, -0.05) is 11.6 Å². The number of hydrogen-bond donors (Lipinski definition) is 1. The number of hydrogen-bond acceptors (Lipinski definition) is 4. The Morgan fingerprint density at radius 3 is 2.65 bits per heavy atom. The molecule has 0 spiro atoms. The Kier molecular flexibility index (Phi) is 4.81. The number of nitrogens with one attached hydrogen (secondary N) is 1. The summed E-state index contributed by atoms with van der Waals surface area (Å²) in [7, 11) is 0. The summed E-state index contributed by atoms with van der Waals surface area (Å²) in [5, 5.41) is 10.8. The van der Waals surface area contributed by atoms with Crippen molar-refractivity contribution in [3.8, 4) is 17.3 Å². The van der Waals surface area contributed by atoms with E-state index < -0.39 is 28.9 Å². The van der Waals surface area contributed by atoms with Crippen molar-refractivity contribution in [2.45, 2.75) is 13.3 Å². The van der Waals surface area contributed by atoms with Crippen LogP contribution in [0.4, 0.5) is 18.9 Å². The lowest BCUT2D eigenvalue weighted by atomic mass is 10.1. The van der Waals surface area contributed by atoms with E-state index in [1.807, 2.05) is 0 Å². The van der Waals surface area contributed by atoms with Gasteiger partial charge in [-0.05, 0) is 12.1 Å². The lowest BCUT2D eigenvalue weighted by Gasteiger charge is -2.11. The van der Waals surface area contributed by atoms with Crippen molar-refractivity contribution in [3.05, 3.63) is 40.6 Å². The van der Waals surface area contributed by atoms with Crippen molar-refractivity contribution in [3.63, 3.8) is 0 Å². The van der Waals surface area contributed by atoms with Gasteiger partial charge in [0.2, 0.25) is 5.91 Å². The molecule has 9 heteroatoms. The summed E-state index contributed by atoms with van der Waals surface area (Å²) in [6, 6.07) is 3.70. The number of benzene rings is 1. The number of carbonyl (C=O) groups is 1. The van der Waals surface area contributed by atoms with Crippen LogP contribution in [0.2, 0.25) is 5.02 Å². The van der Waals surface area contributed by atoms with Gasteiger partial charge in [0.15, 0.2) is 0 Å². The molecule has 0 fully saturated rings. The lowest BCUT2D eigenvalue weighted by molar-refractivity contribution is -0.114. The minimum atomic E-state index is -2.96. The number of halogens is 4. The third-order valence-corrected chi connectivity index (χ3v) is 3.19. The molecule has 0 aliphatic carbocycles. The van der Waals surface area contributed by atoms with Crippen LogP contribution in [-0.4, -0.2) is 15.9 Å². The van der Waals surface area contributed by atoms with Crippen LogP contribution in [0.3, 0.4) is 0 Å². The zero-order valence-corrected chi connectivity index (χ0v) is 12.3. The van der Waals surface area contributed by atoms with Gasteiger partial charge in [0.05, 0.1) is 22.0 Å². The molecule has 0 atom stereocenters. The monoisotopic (exact) mass is 340 g/mol. The maximum atomic E-state index is 14.2. The fourth-order valence-corrected chi connectivity index (χ4v) is 2.15. The standard InChI is InChI=1S/C14H8ClF3N4O/c1-6(23)22-10-3-8(9(16)2-7(10)4-19)12-11(15)13(14(17)18)21-5-20-12/h2-3,5,14H,1H3,(H,22,23). The largest absolute Gasteiger partial charge is 0.325 e. The first-order valence-corrected chi connectivity index (χ1v) is 6.53. The minimum Gasteiger partial charge on any atom is -0.325 e. The lowest BCUT2D eigenvalue weighted by Crippen LogP contribution is -2.08. The number of nitriles is 1. The predicted octanol–water partition coefficient (Wildman–Crippen LogP) is 3.70. The van der Waals surface area contributed by atoms with Crippen molar-refractivity contribution in [1.82, 2.24) is 9.97 Å². The molecule has 2 aromatic rings. The molecule has 1 N–H and O–H groups in total. The predicted molar refractivity (Wildman–Crippen MR) is 76.4 cm³/mol.